The van der Waals surface area contributed by atoms with Crippen molar-refractivity contribution in [2.45, 2.75) is 58.6 Å². The van der Waals surface area contributed by atoms with Crippen LogP contribution in [-0.4, -0.2) is 29.7 Å². The quantitative estimate of drug-likeness (QED) is 0.872. The van der Waals surface area contributed by atoms with Crippen molar-refractivity contribution >= 4 is 23.3 Å². The third kappa shape index (κ3) is 6.47. The Morgan fingerprint density at radius 2 is 1.91 bits per heavy atom. The SMILES string of the molecule is C[C@H](C(=O)NCC(C)(C)NC(=O)OC(C)(C)C)c1ccsc1. The van der Waals surface area contributed by atoms with E-state index in [1.165, 1.54) is 0 Å². The van der Waals surface area contributed by atoms with Crippen molar-refractivity contribution < 1.29 is 14.3 Å². The van der Waals surface area contributed by atoms with E-state index in [1.807, 2.05) is 58.4 Å². The van der Waals surface area contributed by atoms with Crippen molar-refractivity contribution in [2.75, 3.05) is 6.54 Å². The monoisotopic (exact) mass is 326 g/mol. The van der Waals surface area contributed by atoms with E-state index in [2.05, 4.69) is 10.6 Å². The molecule has 0 bridgehead atoms. The summed E-state index contributed by atoms with van der Waals surface area (Å²) in [5.41, 5.74) is -0.135. The van der Waals surface area contributed by atoms with Gasteiger partial charge in [-0.05, 0) is 63.9 Å². The zero-order valence-corrected chi connectivity index (χ0v) is 15.0. The van der Waals surface area contributed by atoms with Gasteiger partial charge in [0.15, 0.2) is 0 Å². The highest BCUT2D eigenvalue weighted by molar-refractivity contribution is 7.08. The highest BCUT2D eigenvalue weighted by Gasteiger charge is 2.26. The van der Waals surface area contributed by atoms with Crippen molar-refractivity contribution in [3.05, 3.63) is 22.4 Å². The van der Waals surface area contributed by atoms with Crippen molar-refractivity contribution in [3.63, 3.8) is 0 Å². The molecule has 2 N–H and O–H groups in total. The fourth-order valence-electron chi connectivity index (χ4n) is 1.76. The maximum Gasteiger partial charge on any atom is 0.408 e. The summed E-state index contributed by atoms with van der Waals surface area (Å²) in [4.78, 5) is 23.9. The molecule has 1 heterocycles. The van der Waals surface area contributed by atoms with Gasteiger partial charge in [0.1, 0.15) is 5.60 Å². The molecule has 0 radical (unpaired) electrons. The van der Waals surface area contributed by atoms with E-state index in [0.29, 0.717) is 6.54 Å². The Kier molecular flexibility index (Phi) is 6.00. The second-order valence-corrected chi connectivity index (χ2v) is 7.79. The van der Waals surface area contributed by atoms with Crippen LogP contribution in [0.1, 0.15) is 53.0 Å². The molecule has 124 valence electrons. The number of thiophene rings is 1. The Morgan fingerprint density at radius 1 is 1.27 bits per heavy atom. The Balaban J connectivity index is 2.48. The molecule has 1 aromatic rings. The number of carbonyl (C=O) groups is 2. The first-order chi connectivity index (χ1) is 10.0. The van der Waals surface area contributed by atoms with Gasteiger partial charge in [-0.2, -0.15) is 11.3 Å². The Labute approximate surface area is 136 Å². The molecule has 0 aliphatic rings. The first-order valence-electron chi connectivity index (χ1n) is 7.31. The number of ether oxygens (including phenoxy) is 1. The number of rotatable bonds is 5. The fraction of sp³-hybridized carbons (Fsp3) is 0.625. The average molecular weight is 326 g/mol. The molecule has 5 nitrogen and oxygen atoms in total. The van der Waals surface area contributed by atoms with E-state index >= 15 is 0 Å². The summed E-state index contributed by atoms with van der Waals surface area (Å²) in [5.74, 6) is -0.263. The molecule has 1 atom stereocenters. The van der Waals surface area contributed by atoms with Crippen molar-refractivity contribution in [1.29, 1.82) is 0 Å². The molecule has 0 spiro atoms. The molecule has 0 fully saturated rings. The van der Waals surface area contributed by atoms with E-state index in [4.69, 9.17) is 4.74 Å². The van der Waals surface area contributed by atoms with Crippen LogP contribution in [0.3, 0.4) is 0 Å². The minimum Gasteiger partial charge on any atom is -0.444 e. The van der Waals surface area contributed by atoms with Gasteiger partial charge < -0.3 is 15.4 Å². The van der Waals surface area contributed by atoms with Gasteiger partial charge in [0.05, 0.1) is 11.5 Å². The molecule has 0 aliphatic carbocycles. The highest BCUT2D eigenvalue weighted by Crippen LogP contribution is 2.18. The topological polar surface area (TPSA) is 67.4 Å². The first kappa shape index (κ1) is 18.5. The smallest absolute Gasteiger partial charge is 0.408 e. The lowest BCUT2D eigenvalue weighted by Crippen LogP contribution is -2.52. The molecule has 6 heteroatoms. The molecule has 0 aromatic carbocycles. The van der Waals surface area contributed by atoms with Gasteiger partial charge in [-0.15, -0.1) is 0 Å². The zero-order valence-electron chi connectivity index (χ0n) is 14.1. The number of hydrogen-bond donors (Lipinski definition) is 2. The van der Waals surface area contributed by atoms with Crippen LogP contribution in [0.5, 0.6) is 0 Å². The van der Waals surface area contributed by atoms with Gasteiger partial charge >= 0.3 is 6.09 Å². The molecule has 0 unspecified atom stereocenters. The number of alkyl carbamates (subject to hydrolysis) is 1. The number of hydrogen-bond acceptors (Lipinski definition) is 4. The second kappa shape index (κ2) is 7.13. The molecule has 22 heavy (non-hydrogen) atoms. The molecule has 2 amide bonds. The maximum atomic E-state index is 12.2. The normalized spacial score (nSPS) is 13.4. The zero-order chi connectivity index (χ0) is 17.0. The van der Waals surface area contributed by atoms with E-state index in [9.17, 15) is 9.59 Å². The van der Waals surface area contributed by atoms with Crippen molar-refractivity contribution in [3.8, 4) is 0 Å². The van der Waals surface area contributed by atoms with Crippen LogP contribution in [0.2, 0.25) is 0 Å². The lowest BCUT2D eigenvalue weighted by Gasteiger charge is -2.29. The van der Waals surface area contributed by atoms with E-state index in [-0.39, 0.29) is 11.8 Å². The fourth-order valence-corrected chi connectivity index (χ4v) is 2.51. The molecule has 0 saturated carbocycles. The molecular weight excluding hydrogens is 300 g/mol. The van der Waals surface area contributed by atoms with Crippen LogP contribution in [-0.2, 0) is 9.53 Å². The Hall–Kier alpha value is -1.56. The minimum atomic E-state index is -0.591. The van der Waals surface area contributed by atoms with Crippen LogP contribution >= 0.6 is 11.3 Å². The molecular formula is C16H26N2O3S. The number of carbonyl (C=O) groups excluding carboxylic acids is 2. The summed E-state index contributed by atoms with van der Waals surface area (Å²) in [6.07, 6.45) is -0.488. The lowest BCUT2D eigenvalue weighted by atomic mass is 10.0. The summed E-state index contributed by atoms with van der Waals surface area (Å²) >= 11 is 1.57. The summed E-state index contributed by atoms with van der Waals surface area (Å²) < 4.78 is 5.23. The van der Waals surface area contributed by atoms with Crippen LogP contribution in [0.4, 0.5) is 4.79 Å². The van der Waals surface area contributed by atoms with Gasteiger partial charge in [-0.1, -0.05) is 0 Å². The number of nitrogens with one attached hydrogen (secondary N) is 2. The maximum absolute atomic E-state index is 12.2. The predicted molar refractivity (Wildman–Crippen MR) is 89.2 cm³/mol. The summed E-state index contributed by atoms with van der Waals surface area (Å²) in [6.45, 7) is 11.3. The van der Waals surface area contributed by atoms with E-state index < -0.39 is 17.2 Å². The first-order valence-corrected chi connectivity index (χ1v) is 8.25. The van der Waals surface area contributed by atoms with Gasteiger partial charge in [0, 0.05) is 6.54 Å². The third-order valence-corrected chi connectivity index (χ3v) is 3.68. The predicted octanol–water partition coefficient (Wildman–Crippen LogP) is 3.27. The highest BCUT2D eigenvalue weighted by atomic mass is 32.1. The molecule has 0 aliphatic heterocycles. The van der Waals surface area contributed by atoms with Gasteiger partial charge in [0.25, 0.3) is 0 Å². The van der Waals surface area contributed by atoms with E-state index in [0.717, 1.165) is 5.56 Å². The second-order valence-electron chi connectivity index (χ2n) is 7.01. The Bertz CT molecular complexity index is 504. The molecule has 1 rings (SSSR count). The van der Waals surface area contributed by atoms with Crippen LogP contribution < -0.4 is 10.6 Å². The summed E-state index contributed by atoms with van der Waals surface area (Å²) in [7, 11) is 0. The van der Waals surface area contributed by atoms with Crippen molar-refractivity contribution in [2.24, 2.45) is 0 Å². The van der Waals surface area contributed by atoms with Gasteiger partial charge in [0.2, 0.25) is 5.91 Å². The van der Waals surface area contributed by atoms with Gasteiger partial charge in [-0.25, -0.2) is 4.79 Å². The van der Waals surface area contributed by atoms with Crippen LogP contribution in [0.15, 0.2) is 16.8 Å². The average Bonchev–Trinajstić information content (AvgIpc) is 2.85. The standard InChI is InChI=1S/C16H26N2O3S/c1-11(12-7-8-22-9-12)13(19)17-10-16(5,6)18-14(20)21-15(2,3)4/h7-9,11H,10H2,1-6H3,(H,17,19)(H,18,20)/t11-/m0/s1. The van der Waals surface area contributed by atoms with E-state index in [1.54, 1.807) is 11.3 Å². The molecule has 0 saturated heterocycles. The van der Waals surface area contributed by atoms with Crippen LogP contribution in [0, 0.1) is 0 Å². The van der Waals surface area contributed by atoms with Crippen LogP contribution in [0.25, 0.3) is 0 Å². The minimum absolute atomic E-state index is 0.0579. The largest absolute Gasteiger partial charge is 0.444 e. The van der Waals surface area contributed by atoms with Crippen molar-refractivity contribution in [1.82, 2.24) is 10.6 Å². The summed E-state index contributed by atoms with van der Waals surface area (Å²) in [5, 5.41) is 9.56. The number of amides is 2. The van der Waals surface area contributed by atoms with Gasteiger partial charge in [-0.3, -0.25) is 4.79 Å². The lowest BCUT2D eigenvalue weighted by molar-refractivity contribution is -0.122. The Morgan fingerprint density at radius 3 is 2.41 bits per heavy atom. The molecule has 1 aromatic heterocycles. The third-order valence-electron chi connectivity index (χ3n) is 2.98. The summed E-state index contributed by atoms with van der Waals surface area (Å²) in [6, 6.07) is 1.94.